The topological polar surface area (TPSA) is 0 Å². The van der Waals surface area contributed by atoms with E-state index in [-0.39, 0.29) is 4.87 Å². The Kier molecular flexibility index (Phi) is 3.38. The van der Waals surface area contributed by atoms with Crippen LogP contribution in [-0.4, -0.2) is 4.87 Å². The highest BCUT2D eigenvalue weighted by Gasteiger charge is 2.22. The molecule has 1 aromatic carbocycles. The third kappa shape index (κ3) is 3.40. The van der Waals surface area contributed by atoms with Gasteiger partial charge in [-0.2, -0.15) is 0 Å². The first-order valence-electron chi connectivity index (χ1n) is 4.56. The van der Waals surface area contributed by atoms with Gasteiger partial charge in [-0.3, -0.25) is 0 Å². The molecule has 0 heterocycles. The lowest BCUT2D eigenvalue weighted by molar-refractivity contribution is 0.674. The Morgan fingerprint density at radius 1 is 1.23 bits per heavy atom. The number of halogens is 1. The van der Waals surface area contributed by atoms with E-state index in [9.17, 15) is 0 Å². The van der Waals surface area contributed by atoms with Gasteiger partial charge in [0.25, 0.3) is 0 Å². The van der Waals surface area contributed by atoms with E-state index in [0.717, 1.165) is 6.42 Å². The van der Waals surface area contributed by atoms with E-state index in [1.165, 1.54) is 11.5 Å². The van der Waals surface area contributed by atoms with Crippen molar-refractivity contribution in [1.82, 2.24) is 0 Å². The summed E-state index contributed by atoms with van der Waals surface area (Å²) in [5.74, 6) is 1.31. The summed E-state index contributed by atoms with van der Waals surface area (Å²) >= 11 is 6.20. The average molecular weight is 196 g/mol. The fourth-order valence-electron chi connectivity index (χ4n) is 1.11. The molecule has 0 spiro atoms. The van der Waals surface area contributed by atoms with E-state index < -0.39 is 0 Å². The Balaban J connectivity index is 2.61. The SMILES string of the molecule is C[C](Cc1ccccc1)C(C)(C)Cl. The minimum absolute atomic E-state index is 0.199. The molecule has 0 atom stereocenters. The highest BCUT2D eigenvalue weighted by atomic mass is 35.5. The lowest BCUT2D eigenvalue weighted by Crippen LogP contribution is -2.21. The molecule has 0 nitrogen and oxygen atoms in total. The minimum atomic E-state index is -0.199. The smallest absolute Gasteiger partial charge is 0.0453 e. The molecular weight excluding hydrogens is 180 g/mol. The summed E-state index contributed by atoms with van der Waals surface area (Å²) in [5.41, 5.74) is 1.33. The summed E-state index contributed by atoms with van der Waals surface area (Å²) in [7, 11) is 0. The van der Waals surface area contributed by atoms with Crippen LogP contribution in [0.15, 0.2) is 30.3 Å². The first-order valence-corrected chi connectivity index (χ1v) is 4.93. The number of rotatable bonds is 3. The van der Waals surface area contributed by atoms with Crippen LogP contribution in [0.4, 0.5) is 0 Å². The van der Waals surface area contributed by atoms with Gasteiger partial charge in [0.1, 0.15) is 0 Å². The maximum atomic E-state index is 6.20. The molecule has 1 aromatic rings. The average Bonchev–Trinajstić information content (AvgIpc) is 2.04. The Labute approximate surface area is 85.9 Å². The normalized spacial score (nSPS) is 12.1. The molecule has 0 aromatic heterocycles. The van der Waals surface area contributed by atoms with Crippen molar-refractivity contribution in [3.05, 3.63) is 41.8 Å². The number of hydrogen-bond donors (Lipinski definition) is 0. The van der Waals surface area contributed by atoms with E-state index in [0.29, 0.717) is 0 Å². The van der Waals surface area contributed by atoms with Crippen molar-refractivity contribution in [3.8, 4) is 0 Å². The van der Waals surface area contributed by atoms with Crippen molar-refractivity contribution in [1.29, 1.82) is 0 Å². The van der Waals surface area contributed by atoms with Crippen LogP contribution >= 0.6 is 11.6 Å². The van der Waals surface area contributed by atoms with Crippen LogP contribution in [0.1, 0.15) is 26.3 Å². The molecule has 0 aliphatic rings. The van der Waals surface area contributed by atoms with Crippen LogP contribution in [0.25, 0.3) is 0 Å². The zero-order valence-corrected chi connectivity index (χ0v) is 9.23. The quantitative estimate of drug-likeness (QED) is 0.643. The van der Waals surface area contributed by atoms with Gasteiger partial charge in [0.2, 0.25) is 0 Å². The lowest BCUT2D eigenvalue weighted by atomic mass is 9.90. The third-order valence-corrected chi connectivity index (χ3v) is 2.65. The molecule has 0 unspecified atom stereocenters. The Hall–Kier alpha value is -0.490. The molecule has 0 N–H and O–H groups in total. The monoisotopic (exact) mass is 195 g/mol. The van der Waals surface area contributed by atoms with E-state index in [2.05, 4.69) is 31.2 Å². The van der Waals surface area contributed by atoms with Gasteiger partial charge in [0.15, 0.2) is 0 Å². The second-order valence-corrected chi connectivity index (χ2v) is 4.86. The summed E-state index contributed by atoms with van der Waals surface area (Å²) in [6.45, 7) is 6.18. The van der Waals surface area contributed by atoms with Gasteiger partial charge in [-0.05, 0) is 31.7 Å². The molecule has 0 saturated heterocycles. The molecule has 1 rings (SSSR count). The van der Waals surface area contributed by atoms with Gasteiger partial charge in [-0.15, -0.1) is 11.6 Å². The van der Waals surface area contributed by atoms with Crippen molar-refractivity contribution in [2.24, 2.45) is 0 Å². The van der Waals surface area contributed by atoms with Crippen LogP contribution in [-0.2, 0) is 6.42 Å². The maximum Gasteiger partial charge on any atom is 0.0453 e. The van der Waals surface area contributed by atoms with Crippen molar-refractivity contribution < 1.29 is 0 Å². The fraction of sp³-hybridized carbons (Fsp3) is 0.417. The Morgan fingerprint density at radius 2 is 1.77 bits per heavy atom. The second-order valence-electron chi connectivity index (χ2n) is 3.92. The molecule has 0 bridgehead atoms. The predicted octanol–water partition coefficient (Wildman–Crippen LogP) is 3.84. The molecule has 0 aliphatic heterocycles. The molecule has 0 saturated carbocycles. The molecule has 13 heavy (non-hydrogen) atoms. The zero-order chi connectivity index (χ0) is 9.90. The molecule has 0 fully saturated rings. The Bertz CT molecular complexity index is 246. The van der Waals surface area contributed by atoms with E-state index in [4.69, 9.17) is 11.6 Å². The Morgan fingerprint density at radius 3 is 2.23 bits per heavy atom. The fourth-order valence-corrected chi connectivity index (χ4v) is 1.18. The molecule has 71 valence electrons. The zero-order valence-electron chi connectivity index (χ0n) is 8.47. The summed E-state index contributed by atoms with van der Waals surface area (Å²) in [6.07, 6.45) is 0.970. The van der Waals surface area contributed by atoms with Crippen molar-refractivity contribution in [2.45, 2.75) is 32.1 Å². The van der Waals surface area contributed by atoms with Crippen molar-refractivity contribution in [3.63, 3.8) is 0 Å². The number of alkyl halides is 1. The standard InChI is InChI=1S/C12H16Cl/c1-10(12(2,3)13)9-11-7-5-4-6-8-11/h4-8H,9H2,1-3H3. The van der Waals surface area contributed by atoms with Crippen LogP contribution in [0, 0.1) is 5.92 Å². The van der Waals surface area contributed by atoms with Gasteiger partial charge in [0.05, 0.1) is 0 Å². The van der Waals surface area contributed by atoms with E-state index >= 15 is 0 Å². The minimum Gasteiger partial charge on any atom is -0.119 e. The van der Waals surface area contributed by atoms with E-state index in [1.54, 1.807) is 0 Å². The van der Waals surface area contributed by atoms with Crippen LogP contribution in [0.2, 0.25) is 0 Å². The van der Waals surface area contributed by atoms with Crippen LogP contribution < -0.4 is 0 Å². The first kappa shape index (κ1) is 10.6. The first-order chi connectivity index (χ1) is 6.00. The van der Waals surface area contributed by atoms with Gasteiger partial charge in [-0.25, -0.2) is 0 Å². The van der Waals surface area contributed by atoms with Gasteiger partial charge >= 0.3 is 0 Å². The number of hydrogen-bond acceptors (Lipinski definition) is 0. The number of benzene rings is 1. The summed E-state index contributed by atoms with van der Waals surface area (Å²) in [5, 5.41) is 0. The summed E-state index contributed by atoms with van der Waals surface area (Å²) in [4.78, 5) is -0.199. The highest BCUT2D eigenvalue weighted by Crippen LogP contribution is 2.28. The predicted molar refractivity (Wildman–Crippen MR) is 59.0 cm³/mol. The van der Waals surface area contributed by atoms with Gasteiger partial charge in [-0.1, -0.05) is 37.3 Å². The lowest BCUT2D eigenvalue weighted by Gasteiger charge is -2.24. The van der Waals surface area contributed by atoms with E-state index in [1.807, 2.05) is 19.9 Å². The van der Waals surface area contributed by atoms with Gasteiger partial charge in [0, 0.05) is 4.87 Å². The van der Waals surface area contributed by atoms with Crippen molar-refractivity contribution in [2.75, 3.05) is 0 Å². The molecule has 1 heteroatoms. The summed E-state index contributed by atoms with van der Waals surface area (Å²) in [6, 6.07) is 10.4. The highest BCUT2D eigenvalue weighted by molar-refractivity contribution is 6.24. The molecular formula is C12H16Cl. The molecule has 0 amide bonds. The third-order valence-electron chi connectivity index (χ3n) is 2.33. The van der Waals surface area contributed by atoms with Crippen LogP contribution in [0.3, 0.4) is 0 Å². The maximum absolute atomic E-state index is 6.20. The van der Waals surface area contributed by atoms with Crippen molar-refractivity contribution >= 4 is 11.6 Å². The second kappa shape index (κ2) is 4.15. The van der Waals surface area contributed by atoms with Gasteiger partial charge < -0.3 is 0 Å². The molecule has 1 radical (unpaired) electrons. The van der Waals surface area contributed by atoms with Crippen LogP contribution in [0.5, 0.6) is 0 Å². The summed E-state index contributed by atoms with van der Waals surface area (Å²) < 4.78 is 0. The largest absolute Gasteiger partial charge is 0.119 e. The molecule has 0 aliphatic carbocycles.